The highest BCUT2D eigenvalue weighted by atomic mass is 16.5. The maximum absolute atomic E-state index is 12.7. The minimum atomic E-state index is -0.181. The van der Waals surface area contributed by atoms with Crippen LogP contribution in [0.2, 0.25) is 0 Å². The quantitative estimate of drug-likeness (QED) is 0.916. The lowest BCUT2D eigenvalue weighted by atomic mass is 9.79. The van der Waals surface area contributed by atoms with Crippen molar-refractivity contribution in [2.75, 3.05) is 32.1 Å². The summed E-state index contributed by atoms with van der Waals surface area (Å²) < 4.78 is 5.14. The molecule has 25 heavy (non-hydrogen) atoms. The molecule has 0 aliphatic carbocycles. The van der Waals surface area contributed by atoms with Crippen LogP contribution in [0.1, 0.15) is 39.0 Å². The summed E-state index contributed by atoms with van der Waals surface area (Å²) in [4.78, 5) is 28.9. The summed E-state index contributed by atoms with van der Waals surface area (Å²) in [6, 6.07) is 7.22. The Labute approximate surface area is 149 Å². The number of ether oxygens (including phenoxy) is 1. The van der Waals surface area contributed by atoms with Crippen LogP contribution in [0.25, 0.3) is 0 Å². The Balaban J connectivity index is 1.69. The predicted molar refractivity (Wildman–Crippen MR) is 96.8 cm³/mol. The maximum Gasteiger partial charge on any atom is 0.321 e. The Morgan fingerprint density at radius 1 is 1.24 bits per heavy atom. The molecule has 1 N–H and O–H groups in total. The van der Waals surface area contributed by atoms with Gasteiger partial charge < -0.3 is 19.9 Å². The van der Waals surface area contributed by atoms with Gasteiger partial charge in [0.1, 0.15) is 5.75 Å². The normalized spacial score (nSPS) is 23.7. The van der Waals surface area contributed by atoms with E-state index in [0.717, 1.165) is 43.7 Å². The van der Waals surface area contributed by atoms with Gasteiger partial charge in [0.15, 0.2) is 0 Å². The molecule has 1 atom stereocenters. The number of amides is 3. The average molecular weight is 345 g/mol. The lowest BCUT2D eigenvalue weighted by Crippen LogP contribution is -2.63. The number of piperidine rings is 2. The number of anilines is 1. The zero-order valence-corrected chi connectivity index (χ0v) is 15.1. The first-order chi connectivity index (χ1) is 12.1. The molecule has 6 heteroatoms. The molecule has 0 radical (unpaired) electrons. The summed E-state index contributed by atoms with van der Waals surface area (Å²) in [5.74, 6) is 0.986. The number of hydrogen-bond acceptors (Lipinski definition) is 3. The van der Waals surface area contributed by atoms with E-state index in [1.165, 1.54) is 0 Å². The molecule has 2 aliphatic rings. The molecule has 2 fully saturated rings. The second kappa shape index (κ2) is 7.33. The second-order valence-corrected chi connectivity index (χ2v) is 6.90. The Bertz CT molecular complexity index is 627. The van der Waals surface area contributed by atoms with Crippen LogP contribution in [-0.2, 0) is 4.79 Å². The van der Waals surface area contributed by atoms with Gasteiger partial charge >= 0.3 is 6.03 Å². The van der Waals surface area contributed by atoms with Gasteiger partial charge in [-0.3, -0.25) is 4.79 Å². The van der Waals surface area contributed by atoms with E-state index >= 15 is 0 Å². The fraction of sp³-hybridized carbons (Fsp3) is 0.579. The van der Waals surface area contributed by atoms with E-state index in [9.17, 15) is 9.59 Å². The summed E-state index contributed by atoms with van der Waals surface area (Å²) in [5.41, 5.74) is 0.567. The number of nitrogens with zero attached hydrogens (tertiary/aromatic N) is 2. The molecule has 1 aromatic carbocycles. The number of carbonyl (C=O) groups is 2. The van der Waals surface area contributed by atoms with Crippen LogP contribution >= 0.6 is 0 Å². The lowest BCUT2D eigenvalue weighted by Gasteiger charge is -2.51. The van der Waals surface area contributed by atoms with Gasteiger partial charge in [0, 0.05) is 31.7 Å². The van der Waals surface area contributed by atoms with Crippen molar-refractivity contribution in [3.8, 4) is 5.75 Å². The monoisotopic (exact) mass is 345 g/mol. The first-order valence-electron chi connectivity index (χ1n) is 9.08. The van der Waals surface area contributed by atoms with Gasteiger partial charge in [0.05, 0.1) is 12.6 Å². The Morgan fingerprint density at radius 3 is 2.64 bits per heavy atom. The smallest absolute Gasteiger partial charge is 0.321 e. The third kappa shape index (κ3) is 3.57. The number of benzene rings is 1. The standard InChI is InChI=1S/C19H27N3O3/c1-3-22-17(23)6-4-11-19(22)12-5-13-21(14-19)18(24)20-15-7-9-16(25-2)10-8-15/h7-10H,3-6,11-14H2,1-2H3,(H,20,24). The molecule has 2 aliphatic heterocycles. The van der Waals surface area contributed by atoms with E-state index in [2.05, 4.69) is 5.32 Å². The molecule has 1 unspecified atom stereocenters. The van der Waals surface area contributed by atoms with E-state index < -0.39 is 0 Å². The molecule has 2 saturated heterocycles. The predicted octanol–water partition coefficient (Wildman–Crippen LogP) is 3.09. The minimum Gasteiger partial charge on any atom is -0.497 e. The first-order valence-corrected chi connectivity index (χ1v) is 9.08. The lowest BCUT2D eigenvalue weighted by molar-refractivity contribution is -0.144. The molecule has 0 bridgehead atoms. The van der Waals surface area contributed by atoms with Crippen LogP contribution in [0.4, 0.5) is 10.5 Å². The Morgan fingerprint density at radius 2 is 1.96 bits per heavy atom. The van der Waals surface area contributed by atoms with Crippen LogP contribution in [-0.4, -0.2) is 54.0 Å². The number of likely N-dealkylation sites (tertiary alicyclic amines) is 2. The number of methoxy groups -OCH3 is 1. The zero-order valence-electron chi connectivity index (χ0n) is 15.1. The van der Waals surface area contributed by atoms with Crippen molar-refractivity contribution < 1.29 is 14.3 Å². The van der Waals surface area contributed by atoms with Gasteiger partial charge in [0.25, 0.3) is 0 Å². The van der Waals surface area contributed by atoms with Gasteiger partial charge in [-0.1, -0.05) is 0 Å². The molecule has 0 saturated carbocycles. The molecule has 2 heterocycles. The van der Waals surface area contributed by atoms with Crippen molar-refractivity contribution in [1.29, 1.82) is 0 Å². The Kier molecular flexibility index (Phi) is 5.16. The minimum absolute atomic E-state index is 0.0988. The van der Waals surface area contributed by atoms with Crippen molar-refractivity contribution in [3.63, 3.8) is 0 Å². The van der Waals surface area contributed by atoms with E-state index in [4.69, 9.17) is 4.74 Å². The van der Waals surface area contributed by atoms with Crippen LogP contribution in [0.15, 0.2) is 24.3 Å². The fourth-order valence-corrected chi connectivity index (χ4v) is 4.20. The highest BCUT2D eigenvalue weighted by Crippen LogP contribution is 2.36. The van der Waals surface area contributed by atoms with Gasteiger partial charge in [-0.25, -0.2) is 4.79 Å². The SMILES string of the molecule is CCN1C(=O)CCCC12CCCN(C(=O)Nc1ccc(OC)cc1)C2. The molecule has 3 rings (SSSR count). The van der Waals surface area contributed by atoms with E-state index in [-0.39, 0.29) is 17.5 Å². The van der Waals surface area contributed by atoms with Gasteiger partial charge in [-0.2, -0.15) is 0 Å². The van der Waals surface area contributed by atoms with Crippen molar-refractivity contribution >= 4 is 17.6 Å². The van der Waals surface area contributed by atoms with Crippen LogP contribution < -0.4 is 10.1 Å². The molecule has 6 nitrogen and oxygen atoms in total. The molecule has 0 aromatic heterocycles. The highest BCUT2D eigenvalue weighted by Gasteiger charge is 2.45. The maximum atomic E-state index is 12.7. The topological polar surface area (TPSA) is 61.9 Å². The van der Waals surface area contributed by atoms with Crippen LogP contribution in [0.3, 0.4) is 0 Å². The summed E-state index contributed by atoms with van der Waals surface area (Å²) in [6.07, 6.45) is 4.45. The average Bonchev–Trinajstić information content (AvgIpc) is 2.62. The first kappa shape index (κ1) is 17.6. The number of rotatable bonds is 3. The third-order valence-corrected chi connectivity index (χ3v) is 5.41. The second-order valence-electron chi connectivity index (χ2n) is 6.90. The largest absolute Gasteiger partial charge is 0.497 e. The molecule has 3 amide bonds. The van der Waals surface area contributed by atoms with Gasteiger partial charge in [-0.15, -0.1) is 0 Å². The molecule has 136 valence electrons. The van der Waals surface area contributed by atoms with Crippen molar-refractivity contribution in [1.82, 2.24) is 9.80 Å². The summed E-state index contributed by atoms with van der Waals surface area (Å²) >= 11 is 0. The van der Waals surface area contributed by atoms with Crippen LogP contribution in [0.5, 0.6) is 5.75 Å². The number of carbonyl (C=O) groups excluding carboxylic acids is 2. The van der Waals surface area contributed by atoms with Gasteiger partial charge in [0.2, 0.25) is 5.91 Å². The van der Waals surface area contributed by atoms with Crippen LogP contribution in [0, 0.1) is 0 Å². The summed E-state index contributed by atoms with van der Waals surface area (Å²) in [6.45, 7) is 4.10. The molecular formula is C19H27N3O3. The van der Waals surface area contributed by atoms with Crippen molar-refractivity contribution in [2.45, 2.75) is 44.6 Å². The fourth-order valence-electron chi connectivity index (χ4n) is 4.20. The summed E-state index contributed by atoms with van der Waals surface area (Å²) in [7, 11) is 1.62. The zero-order chi connectivity index (χ0) is 17.9. The number of hydrogen-bond donors (Lipinski definition) is 1. The number of nitrogens with one attached hydrogen (secondary N) is 1. The molecular weight excluding hydrogens is 318 g/mol. The number of likely N-dealkylation sites (N-methyl/N-ethyl adjacent to an activating group) is 1. The Hall–Kier alpha value is -2.24. The summed E-state index contributed by atoms with van der Waals surface area (Å²) in [5, 5.41) is 2.96. The van der Waals surface area contributed by atoms with Gasteiger partial charge in [-0.05, 0) is 56.9 Å². The van der Waals surface area contributed by atoms with Crippen molar-refractivity contribution in [3.05, 3.63) is 24.3 Å². The molecule has 1 spiro atoms. The third-order valence-electron chi connectivity index (χ3n) is 5.41. The van der Waals surface area contributed by atoms with E-state index in [1.54, 1.807) is 7.11 Å². The van der Waals surface area contributed by atoms with E-state index in [0.29, 0.717) is 19.5 Å². The van der Waals surface area contributed by atoms with Crippen molar-refractivity contribution in [2.24, 2.45) is 0 Å². The highest BCUT2D eigenvalue weighted by molar-refractivity contribution is 5.89. The molecule has 1 aromatic rings. The van der Waals surface area contributed by atoms with E-state index in [1.807, 2.05) is 41.0 Å². The number of urea groups is 1.